The van der Waals surface area contributed by atoms with Gasteiger partial charge in [0.1, 0.15) is 5.71 Å². The third-order valence-electron chi connectivity index (χ3n) is 5.97. The average molecular weight is 492 g/mol. The van der Waals surface area contributed by atoms with Crippen molar-refractivity contribution in [3.8, 4) is 11.5 Å². The maximum absolute atomic E-state index is 13.3. The van der Waals surface area contributed by atoms with Crippen LogP contribution < -0.4 is 0 Å². The Morgan fingerprint density at radius 2 is 1.91 bits per heavy atom. The number of amides is 2. The lowest BCUT2D eigenvalue weighted by molar-refractivity contribution is -0.134. The summed E-state index contributed by atoms with van der Waals surface area (Å²) >= 11 is 5.92. The lowest BCUT2D eigenvalue weighted by atomic mass is 10.1. The van der Waals surface area contributed by atoms with Crippen LogP contribution in [0.4, 0.5) is 0 Å². The summed E-state index contributed by atoms with van der Waals surface area (Å²) in [6.07, 6.45) is 2.40. The molecule has 1 aliphatic carbocycles. The Kier molecular flexibility index (Phi) is 5.69. The largest absolute Gasteiger partial charge is 0.419 e. The first-order valence-electron chi connectivity index (χ1n) is 10.8. The van der Waals surface area contributed by atoms with Crippen LogP contribution in [0.1, 0.15) is 38.0 Å². The zero-order chi connectivity index (χ0) is 23.2. The van der Waals surface area contributed by atoms with Crippen LogP contribution in [0.3, 0.4) is 0 Å². The Bertz CT molecular complexity index is 1220. The van der Waals surface area contributed by atoms with E-state index >= 15 is 0 Å². The molecule has 0 spiro atoms. The van der Waals surface area contributed by atoms with Gasteiger partial charge in [0.2, 0.25) is 17.7 Å². The van der Waals surface area contributed by atoms with E-state index in [0.29, 0.717) is 23.2 Å². The zero-order valence-corrected chi connectivity index (χ0v) is 19.3. The summed E-state index contributed by atoms with van der Waals surface area (Å²) in [4.78, 5) is 27.4. The van der Waals surface area contributed by atoms with Crippen molar-refractivity contribution in [2.45, 2.75) is 50.7 Å². The molecule has 1 atom stereocenters. The SMILES string of the molecule is O=C(C1=NN(C2CCS(=O)(=O)C2)C(=O)CC1)N(Cc1nnc(-c2ccc(Cl)cc2)o1)C1CC1. The van der Waals surface area contributed by atoms with E-state index < -0.39 is 15.9 Å². The molecule has 2 aromatic rings. The molecule has 1 aromatic heterocycles. The fourth-order valence-electron chi connectivity index (χ4n) is 4.07. The highest BCUT2D eigenvalue weighted by atomic mass is 35.5. The number of aromatic nitrogens is 2. The molecule has 174 valence electrons. The molecule has 2 aliphatic heterocycles. The van der Waals surface area contributed by atoms with Gasteiger partial charge in [-0.15, -0.1) is 10.2 Å². The first kappa shape index (κ1) is 22.0. The van der Waals surface area contributed by atoms with Crippen LogP contribution in [0.2, 0.25) is 5.02 Å². The van der Waals surface area contributed by atoms with Crippen molar-refractivity contribution in [2.24, 2.45) is 5.10 Å². The second-order valence-corrected chi connectivity index (χ2v) is 11.2. The number of carbonyl (C=O) groups excluding carboxylic acids is 2. The minimum atomic E-state index is -3.18. The third-order valence-corrected chi connectivity index (χ3v) is 7.98. The van der Waals surface area contributed by atoms with Crippen LogP contribution in [0.15, 0.2) is 33.8 Å². The molecule has 5 rings (SSSR count). The molecule has 2 amide bonds. The lowest BCUT2D eigenvalue weighted by Crippen LogP contribution is -2.45. The first-order valence-corrected chi connectivity index (χ1v) is 13.0. The van der Waals surface area contributed by atoms with Crippen LogP contribution in [0.25, 0.3) is 11.5 Å². The van der Waals surface area contributed by atoms with Gasteiger partial charge in [0.25, 0.3) is 5.91 Å². The number of carbonyl (C=O) groups is 2. The summed E-state index contributed by atoms with van der Waals surface area (Å²) in [6.45, 7) is 0.134. The van der Waals surface area contributed by atoms with E-state index in [4.69, 9.17) is 16.0 Å². The summed E-state index contributed by atoms with van der Waals surface area (Å²) in [5.41, 5.74) is 0.975. The second-order valence-electron chi connectivity index (χ2n) is 8.51. The van der Waals surface area contributed by atoms with Crippen LogP contribution in [-0.4, -0.2) is 69.6 Å². The second kappa shape index (κ2) is 8.53. The van der Waals surface area contributed by atoms with E-state index in [0.717, 1.165) is 18.4 Å². The van der Waals surface area contributed by atoms with Gasteiger partial charge in [-0.2, -0.15) is 5.10 Å². The summed E-state index contributed by atoms with van der Waals surface area (Å²) in [5.74, 6) is -0.00341. The van der Waals surface area contributed by atoms with Gasteiger partial charge in [0, 0.05) is 29.5 Å². The van der Waals surface area contributed by atoms with E-state index in [1.807, 2.05) is 0 Å². The molecule has 0 radical (unpaired) electrons. The van der Waals surface area contributed by atoms with Gasteiger partial charge in [-0.05, 0) is 43.5 Å². The number of hydrogen-bond acceptors (Lipinski definition) is 8. The van der Waals surface area contributed by atoms with Gasteiger partial charge in [0.15, 0.2) is 9.84 Å². The molecule has 3 aliphatic rings. The molecule has 1 saturated heterocycles. The van der Waals surface area contributed by atoms with E-state index in [2.05, 4.69) is 15.3 Å². The van der Waals surface area contributed by atoms with E-state index in [9.17, 15) is 18.0 Å². The number of rotatable bonds is 6. The molecule has 3 heterocycles. The Morgan fingerprint density at radius 3 is 2.58 bits per heavy atom. The maximum atomic E-state index is 13.3. The van der Waals surface area contributed by atoms with Crippen molar-refractivity contribution in [3.63, 3.8) is 0 Å². The fourth-order valence-corrected chi connectivity index (χ4v) is 5.89. The number of sulfone groups is 1. The minimum absolute atomic E-state index is 0.0293. The van der Waals surface area contributed by atoms with Crippen LogP contribution in [-0.2, 0) is 26.0 Å². The predicted octanol–water partition coefficient (Wildman–Crippen LogP) is 2.05. The van der Waals surface area contributed by atoms with E-state index in [1.54, 1.807) is 29.2 Å². The Hall–Kier alpha value is -2.79. The summed E-state index contributed by atoms with van der Waals surface area (Å²) in [6, 6.07) is 6.53. The highest BCUT2D eigenvalue weighted by Crippen LogP contribution is 2.30. The molecule has 2 fully saturated rings. The zero-order valence-electron chi connectivity index (χ0n) is 17.7. The standard InChI is InChI=1S/C21H22ClN5O5S/c22-14-3-1-13(2-4-14)20-24-23-18(32-20)11-26(15-5-6-15)21(29)17-7-8-19(28)27(25-17)16-9-10-33(30,31)12-16/h1-4,15-16H,5-12H2. The Balaban J connectivity index is 1.33. The van der Waals surface area contributed by atoms with E-state index in [-0.39, 0.29) is 54.5 Å². The molecule has 1 saturated carbocycles. The maximum Gasteiger partial charge on any atom is 0.270 e. The highest BCUT2D eigenvalue weighted by molar-refractivity contribution is 7.91. The molecule has 12 heteroatoms. The van der Waals surface area contributed by atoms with E-state index in [1.165, 1.54) is 5.01 Å². The molecule has 0 N–H and O–H groups in total. The van der Waals surface area contributed by atoms with Crippen molar-refractivity contribution < 1.29 is 22.4 Å². The molecular formula is C21H22ClN5O5S. The molecule has 33 heavy (non-hydrogen) atoms. The number of nitrogens with zero attached hydrogens (tertiary/aromatic N) is 5. The molecule has 1 aromatic carbocycles. The smallest absolute Gasteiger partial charge is 0.270 e. The van der Waals surface area contributed by atoms with Crippen LogP contribution >= 0.6 is 11.6 Å². The predicted molar refractivity (Wildman–Crippen MR) is 119 cm³/mol. The summed E-state index contributed by atoms with van der Waals surface area (Å²) in [5, 5.41) is 14.3. The number of benzene rings is 1. The average Bonchev–Trinajstić information content (AvgIpc) is 3.41. The van der Waals surface area contributed by atoms with Crippen molar-refractivity contribution in [2.75, 3.05) is 11.5 Å². The summed E-state index contributed by atoms with van der Waals surface area (Å²) < 4.78 is 29.5. The third kappa shape index (κ3) is 4.79. The topological polar surface area (TPSA) is 126 Å². The molecule has 0 bridgehead atoms. The van der Waals surface area contributed by atoms with Crippen molar-refractivity contribution in [1.29, 1.82) is 0 Å². The minimum Gasteiger partial charge on any atom is -0.419 e. The molecule has 1 unspecified atom stereocenters. The number of halogens is 1. The normalized spacial score (nSPS) is 22.3. The lowest BCUT2D eigenvalue weighted by Gasteiger charge is -2.29. The monoisotopic (exact) mass is 491 g/mol. The first-order chi connectivity index (χ1) is 15.8. The van der Waals surface area contributed by atoms with Crippen molar-refractivity contribution >= 4 is 39.0 Å². The van der Waals surface area contributed by atoms with Crippen LogP contribution in [0, 0.1) is 0 Å². The van der Waals surface area contributed by atoms with Gasteiger partial charge in [-0.25, -0.2) is 13.4 Å². The number of hydrazone groups is 1. The van der Waals surface area contributed by atoms with Crippen molar-refractivity contribution in [1.82, 2.24) is 20.1 Å². The van der Waals surface area contributed by atoms with Crippen molar-refractivity contribution in [3.05, 3.63) is 35.2 Å². The van der Waals surface area contributed by atoms with Gasteiger partial charge < -0.3 is 9.32 Å². The number of hydrogen-bond donors (Lipinski definition) is 0. The van der Waals surface area contributed by atoms with Gasteiger partial charge in [-0.1, -0.05) is 11.6 Å². The molecular weight excluding hydrogens is 470 g/mol. The van der Waals surface area contributed by atoms with Gasteiger partial charge >= 0.3 is 0 Å². The Morgan fingerprint density at radius 1 is 1.15 bits per heavy atom. The summed E-state index contributed by atoms with van der Waals surface area (Å²) in [7, 11) is -3.18. The molecule has 10 nitrogen and oxygen atoms in total. The highest BCUT2D eigenvalue weighted by Gasteiger charge is 2.40. The van der Waals surface area contributed by atoms with Crippen LogP contribution in [0.5, 0.6) is 0 Å². The van der Waals surface area contributed by atoms with Gasteiger partial charge in [-0.3, -0.25) is 9.59 Å². The fraction of sp³-hybridized carbons (Fsp3) is 0.476. The quantitative estimate of drug-likeness (QED) is 0.605. The Labute approximate surface area is 195 Å². The van der Waals surface area contributed by atoms with Gasteiger partial charge in [0.05, 0.1) is 24.1 Å².